The summed E-state index contributed by atoms with van der Waals surface area (Å²) in [5.74, 6) is 0.370. The number of hydrogen-bond donors (Lipinski definition) is 6. The summed E-state index contributed by atoms with van der Waals surface area (Å²) in [6, 6.07) is 3.19. The molecule has 7 heteroatoms. The summed E-state index contributed by atoms with van der Waals surface area (Å²) in [7, 11) is 0. The van der Waals surface area contributed by atoms with Gasteiger partial charge in [0.15, 0.2) is 0 Å². The molecule has 0 atom stereocenters. The number of aliphatic hydroxyl groups excluding tert-OH is 6. The molecule has 6 N–H and O–H groups in total. The molecule has 0 heterocycles. The number of aliphatic hydroxyl groups is 6. The van der Waals surface area contributed by atoms with Crippen molar-refractivity contribution < 1.29 is 35.4 Å². The average molecular weight is 430 g/mol. The van der Waals surface area contributed by atoms with E-state index >= 15 is 0 Å². The Kier molecular flexibility index (Phi) is 9.39. The summed E-state index contributed by atoms with van der Waals surface area (Å²) in [5.41, 5.74) is 3.75. The zero-order chi connectivity index (χ0) is 23.0. The number of benzene rings is 2. The van der Waals surface area contributed by atoms with Crippen LogP contribution in [0.15, 0.2) is 37.4 Å². The molecule has 168 valence electrons. The van der Waals surface area contributed by atoms with Gasteiger partial charge in [0.2, 0.25) is 0 Å². The first-order chi connectivity index (χ1) is 15.0. The van der Waals surface area contributed by atoms with Gasteiger partial charge in [-0.15, -0.1) is 13.2 Å². The Morgan fingerprint density at radius 3 is 1.16 bits per heavy atom. The lowest BCUT2D eigenvalue weighted by Crippen LogP contribution is -2.10. The van der Waals surface area contributed by atoms with Crippen LogP contribution in [0.2, 0.25) is 0 Å². The molecule has 0 bridgehead atoms. The normalized spacial score (nSPS) is 10.9. The van der Waals surface area contributed by atoms with E-state index in [1.54, 1.807) is 24.3 Å². The second-order valence-corrected chi connectivity index (χ2v) is 7.00. The molecule has 0 aliphatic heterocycles. The van der Waals surface area contributed by atoms with Gasteiger partial charge in [0, 0.05) is 22.3 Å². The molecule has 0 radical (unpaired) electrons. The van der Waals surface area contributed by atoms with Crippen molar-refractivity contribution in [2.75, 3.05) is 0 Å². The Hall–Kier alpha value is -2.52. The van der Waals surface area contributed by atoms with Crippen LogP contribution in [-0.2, 0) is 52.5 Å². The SMILES string of the molecule is C=CCc1c(CO)cc(CO)c(Oc2c(CO)cc(CO)c(CC=C)c2CO)c1CO. The number of hydrogen-bond acceptors (Lipinski definition) is 7. The monoisotopic (exact) mass is 430 g/mol. The lowest BCUT2D eigenvalue weighted by Gasteiger charge is -2.24. The first kappa shape index (κ1) is 24.7. The van der Waals surface area contributed by atoms with Crippen LogP contribution in [0.4, 0.5) is 0 Å². The molecule has 0 unspecified atom stereocenters. The van der Waals surface area contributed by atoms with Crippen LogP contribution < -0.4 is 4.74 Å². The maximum atomic E-state index is 10.1. The van der Waals surface area contributed by atoms with Crippen LogP contribution in [0.1, 0.15) is 44.5 Å². The third kappa shape index (κ3) is 5.04. The van der Waals surface area contributed by atoms with Gasteiger partial charge in [-0.1, -0.05) is 12.2 Å². The van der Waals surface area contributed by atoms with Gasteiger partial charge in [0.05, 0.1) is 39.6 Å². The van der Waals surface area contributed by atoms with E-state index in [-0.39, 0.29) is 24.7 Å². The molecule has 2 aromatic rings. The molecule has 0 aliphatic carbocycles. The first-order valence-corrected chi connectivity index (χ1v) is 9.92. The second kappa shape index (κ2) is 11.8. The van der Waals surface area contributed by atoms with E-state index in [1.165, 1.54) is 0 Å². The van der Waals surface area contributed by atoms with Gasteiger partial charge >= 0.3 is 0 Å². The van der Waals surface area contributed by atoms with E-state index in [0.29, 0.717) is 57.3 Å². The maximum Gasteiger partial charge on any atom is 0.138 e. The third-order valence-corrected chi connectivity index (χ3v) is 5.23. The fourth-order valence-electron chi connectivity index (χ4n) is 3.78. The van der Waals surface area contributed by atoms with Crippen molar-refractivity contribution in [1.82, 2.24) is 0 Å². The molecule has 0 aliphatic rings. The van der Waals surface area contributed by atoms with E-state index in [1.807, 2.05) is 0 Å². The van der Waals surface area contributed by atoms with E-state index in [4.69, 9.17) is 4.74 Å². The molecule has 2 aromatic carbocycles. The smallest absolute Gasteiger partial charge is 0.138 e. The fourth-order valence-corrected chi connectivity index (χ4v) is 3.78. The van der Waals surface area contributed by atoms with E-state index < -0.39 is 26.4 Å². The van der Waals surface area contributed by atoms with Gasteiger partial charge in [0.1, 0.15) is 11.5 Å². The highest BCUT2D eigenvalue weighted by molar-refractivity contribution is 5.57. The molecule has 0 amide bonds. The molecule has 2 rings (SSSR count). The van der Waals surface area contributed by atoms with Crippen LogP contribution in [0.5, 0.6) is 11.5 Å². The highest BCUT2D eigenvalue weighted by atomic mass is 16.5. The minimum Gasteiger partial charge on any atom is -0.456 e. The van der Waals surface area contributed by atoms with Gasteiger partial charge in [0.25, 0.3) is 0 Å². The molecular weight excluding hydrogens is 400 g/mol. The number of ether oxygens (including phenoxy) is 1. The minimum absolute atomic E-state index is 0.185. The average Bonchev–Trinajstić information content (AvgIpc) is 2.79. The zero-order valence-corrected chi connectivity index (χ0v) is 17.5. The van der Waals surface area contributed by atoms with Crippen molar-refractivity contribution in [1.29, 1.82) is 0 Å². The number of rotatable bonds is 12. The molecule has 0 saturated carbocycles. The van der Waals surface area contributed by atoms with Crippen LogP contribution >= 0.6 is 0 Å². The largest absolute Gasteiger partial charge is 0.456 e. The molecule has 0 spiro atoms. The lowest BCUT2D eigenvalue weighted by atomic mass is 9.93. The Morgan fingerprint density at radius 2 is 0.903 bits per heavy atom. The quantitative estimate of drug-likeness (QED) is 0.284. The van der Waals surface area contributed by atoms with Crippen molar-refractivity contribution in [3.05, 3.63) is 82.0 Å². The molecular formula is C24H30O7. The predicted octanol–water partition coefficient (Wildman–Crippen LogP) is 1.89. The molecule has 31 heavy (non-hydrogen) atoms. The summed E-state index contributed by atoms with van der Waals surface area (Å²) >= 11 is 0. The Labute approximate surface area is 181 Å². The summed E-state index contributed by atoms with van der Waals surface area (Å²) in [5, 5.41) is 59.5. The van der Waals surface area contributed by atoms with Crippen molar-refractivity contribution in [3.63, 3.8) is 0 Å². The molecule has 0 saturated heterocycles. The van der Waals surface area contributed by atoms with Gasteiger partial charge in [-0.05, 0) is 47.2 Å². The zero-order valence-electron chi connectivity index (χ0n) is 17.5. The summed E-state index contributed by atoms with van der Waals surface area (Å²) in [4.78, 5) is 0. The molecule has 7 nitrogen and oxygen atoms in total. The van der Waals surface area contributed by atoms with Gasteiger partial charge in [-0.2, -0.15) is 0 Å². The second-order valence-electron chi connectivity index (χ2n) is 7.00. The Balaban J connectivity index is 2.83. The summed E-state index contributed by atoms with van der Waals surface area (Å²) in [6.07, 6.45) is 3.98. The summed E-state index contributed by atoms with van der Waals surface area (Å²) in [6.45, 7) is 5.18. The Morgan fingerprint density at radius 1 is 0.548 bits per heavy atom. The van der Waals surface area contributed by atoms with Crippen molar-refractivity contribution in [3.8, 4) is 11.5 Å². The van der Waals surface area contributed by atoms with Crippen LogP contribution in [0, 0.1) is 0 Å². The topological polar surface area (TPSA) is 131 Å². The summed E-state index contributed by atoms with van der Waals surface area (Å²) < 4.78 is 6.17. The van der Waals surface area contributed by atoms with Crippen LogP contribution in [-0.4, -0.2) is 30.6 Å². The van der Waals surface area contributed by atoms with E-state index in [0.717, 1.165) is 0 Å². The fraction of sp³-hybridized carbons (Fsp3) is 0.333. The Bertz CT molecular complexity index is 859. The third-order valence-electron chi connectivity index (χ3n) is 5.23. The van der Waals surface area contributed by atoms with Crippen LogP contribution in [0.25, 0.3) is 0 Å². The first-order valence-electron chi connectivity index (χ1n) is 9.92. The van der Waals surface area contributed by atoms with Gasteiger partial charge in [-0.3, -0.25) is 0 Å². The van der Waals surface area contributed by atoms with Crippen LogP contribution in [0.3, 0.4) is 0 Å². The standard InChI is InChI=1S/C24H30O7/c1-3-5-19-15(9-25)7-17(11-27)23(21(19)13-29)31-24-18(12-28)8-16(10-26)20(6-4-2)22(24)14-30/h3-4,7-8,25-30H,1-2,5-6,9-14H2. The minimum atomic E-state index is -0.420. The van der Waals surface area contributed by atoms with Gasteiger partial charge in [-0.25, -0.2) is 0 Å². The molecule has 0 fully saturated rings. The maximum absolute atomic E-state index is 10.1. The van der Waals surface area contributed by atoms with Crippen molar-refractivity contribution >= 4 is 0 Å². The highest BCUT2D eigenvalue weighted by Crippen LogP contribution is 2.40. The van der Waals surface area contributed by atoms with Crippen molar-refractivity contribution in [2.45, 2.75) is 52.5 Å². The van der Waals surface area contributed by atoms with E-state index in [2.05, 4.69) is 13.2 Å². The molecule has 0 aromatic heterocycles. The lowest BCUT2D eigenvalue weighted by molar-refractivity contribution is 0.250. The van der Waals surface area contributed by atoms with Gasteiger partial charge < -0.3 is 35.4 Å². The van der Waals surface area contributed by atoms with Crippen molar-refractivity contribution in [2.24, 2.45) is 0 Å². The highest BCUT2D eigenvalue weighted by Gasteiger charge is 2.23. The van der Waals surface area contributed by atoms with E-state index in [9.17, 15) is 30.6 Å². The predicted molar refractivity (Wildman–Crippen MR) is 116 cm³/mol. The number of allylic oxidation sites excluding steroid dienone is 2.